The average Bonchev–Trinajstić information content (AvgIpc) is 3.38. The molecule has 2 unspecified atom stereocenters. The summed E-state index contributed by atoms with van der Waals surface area (Å²) in [6, 6.07) is 34.7. The van der Waals surface area contributed by atoms with Gasteiger partial charge in [0.2, 0.25) is 0 Å². The lowest BCUT2D eigenvalue weighted by Crippen LogP contribution is -2.38. The van der Waals surface area contributed by atoms with E-state index in [1.807, 2.05) is 84.7 Å². The Hall–Kier alpha value is -4.06. The number of aliphatic imine (C=N–C) groups is 1. The van der Waals surface area contributed by atoms with Crippen molar-refractivity contribution in [2.75, 3.05) is 0 Å². The van der Waals surface area contributed by atoms with Gasteiger partial charge in [0.05, 0.1) is 16.0 Å². The van der Waals surface area contributed by atoms with Crippen LogP contribution >= 0.6 is 23.4 Å². The molecule has 0 saturated heterocycles. The topological polar surface area (TPSA) is 51.0 Å². The van der Waals surface area contributed by atoms with Gasteiger partial charge in [-0.05, 0) is 23.8 Å². The summed E-state index contributed by atoms with van der Waals surface area (Å²) in [5.74, 6) is 1.77. The Kier molecular flexibility index (Phi) is 5.91. The van der Waals surface area contributed by atoms with E-state index in [-0.39, 0.29) is 10.7 Å². The Labute approximate surface area is 236 Å². The molecule has 2 aliphatic rings. The first kappa shape index (κ1) is 24.0. The molecule has 5 aromatic rings. The molecular formula is C33H23ClN4S. The summed E-state index contributed by atoms with van der Waals surface area (Å²) in [7, 11) is 0. The standard InChI is InChI=1S/C33H23ClN4S/c1-33(18-19-35-28-24-14-8-9-15-27(24)39-29(28)33)23-16-17-26(34)25(20-23)32-37-30(21-10-4-2-5-11-21)36-31(38-32)22-12-6-3-7-13-22/h2-20,29H,1H3. The Bertz CT molecular complexity index is 1710. The van der Waals surface area contributed by atoms with Gasteiger partial charge in [-0.2, -0.15) is 0 Å². The van der Waals surface area contributed by atoms with Crippen molar-refractivity contribution < 1.29 is 0 Å². The third-order valence-corrected chi connectivity index (χ3v) is 9.25. The van der Waals surface area contributed by atoms with Crippen molar-refractivity contribution in [2.45, 2.75) is 22.5 Å². The van der Waals surface area contributed by atoms with E-state index in [2.05, 4.69) is 49.4 Å². The maximum absolute atomic E-state index is 6.85. The zero-order valence-corrected chi connectivity index (χ0v) is 22.7. The van der Waals surface area contributed by atoms with Crippen molar-refractivity contribution in [1.82, 2.24) is 15.0 Å². The number of nitrogens with zero attached hydrogens (tertiary/aromatic N) is 4. The minimum atomic E-state index is -0.294. The third kappa shape index (κ3) is 4.19. The van der Waals surface area contributed by atoms with Crippen LogP contribution in [0.5, 0.6) is 0 Å². The van der Waals surface area contributed by atoms with Gasteiger partial charge >= 0.3 is 0 Å². The molecular weight excluding hydrogens is 520 g/mol. The van der Waals surface area contributed by atoms with E-state index in [0.29, 0.717) is 22.5 Å². The molecule has 0 spiro atoms. The van der Waals surface area contributed by atoms with E-state index >= 15 is 0 Å². The van der Waals surface area contributed by atoms with Gasteiger partial charge in [0.1, 0.15) is 0 Å². The van der Waals surface area contributed by atoms with Crippen molar-refractivity contribution in [3.63, 3.8) is 0 Å². The Balaban J connectivity index is 1.36. The number of aromatic nitrogens is 3. The summed E-state index contributed by atoms with van der Waals surface area (Å²) < 4.78 is 0. The zero-order valence-electron chi connectivity index (χ0n) is 21.1. The largest absolute Gasteiger partial charge is 0.260 e. The lowest BCUT2D eigenvalue weighted by atomic mass is 9.75. The minimum absolute atomic E-state index is 0.159. The van der Waals surface area contributed by atoms with Crippen LogP contribution in [0.15, 0.2) is 125 Å². The van der Waals surface area contributed by atoms with E-state index in [1.165, 1.54) is 10.5 Å². The second kappa shape index (κ2) is 9.60. The van der Waals surface area contributed by atoms with Crippen LogP contribution in [-0.2, 0) is 5.41 Å². The highest BCUT2D eigenvalue weighted by atomic mass is 35.5. The number of rotatable bonds is 4. The molecule has 0 amide bonds. The van der Waals surface area contributed by atoms with Crippen LogP contribution in [0.1, 0.15) is 18.1 Å². The van der Waals surface area contributed by atoms with E-state index in [4.69, 9.17) is 31.5 Å². The quantitative estimate of drug-likeness (QED) is 0.229. The Morgan fingerprint density at radius 1 is 0.692 bits per heavy atom. The van der Waals surface area contributed by atoms with Crippen molar-refractivity contribution >= 4 is 29.1 Å². The number of hydrogen-bond acceptors (Lipinski definition) is 5. The maximum Gasteiger partial charge on any atom is 0.165 e. The Morgan fingerprint density at radius 2 is 1.31 bits per heavy atom. The first-order chi connectivity index (χ1) is 19.1. The molecule has 0 fully saturated rings. The zero-order chi connectivity index (χ0) is 26.4. The van der Waals surface area contributed by atoms with Gasteiger partial charge in [-0.3, -0.25) is 4.99 Å². The molecule has 0 bridgehead atoms. The normalized spacial score (nSPS) is 19.3. The summed E-state index contributed by atoms with van der Waals surface area (Å²) in [5.41, 5.74) is 5.81. The highest BCUT2D eigenvalue weighted by Crippen LogP contribution is 2.50. The predicted molar refractivity (Wildman–Crippen MR) is 160 cm³/mol. The lowest BCUT2D eigenvalue weighted by molar-refractivity contribution is 0.630. The fourth-order valence-corrected chi connectivity index (χ4v) is 6.89. The van der Waals surface area contributed by atoms with E-state index in [9.17, 15) is 0 Å². The smallest absolute Gasteiger partial charge is 0.165 e. The van der Waals surface area contributed by atoms with Gasteiger partial charge in [0, 0.05) is 38.8 Å². The van der Waals surface area contributed by atoms with Crippen LogP contribution in [-0.4, -0.2) is 25.9 Å². The number of benzene rings is 4. The molecule has 1 aromatic heterocycles. The number of halogens is 1. The summed E-state index contributed by atoms with van der Waals surface area (Å²) in [5, 5.41) is 0.759. The van der Waals surface area contributed by atoms with Gasteiger partial charge in [-0.15, -0.1) is 11.8 Å². The number of fused-ring (bicyclic) bond motifs is 3. The SMILES string of the molecule is CC1(c2ccc(Cl)c(-c3nc(-c4ccccc4)nc(-c4ccccc4)n3)c2)C=CN=C2c3ccccc3SC21. The first-order valence-corrected chi connectivity index (χ1v) is 14.0. The number of allylic oxidation sites excluding steroid dienone is 1. The van der Waals surface area contributed by atoms with Crippen molar-refractivity contribution in [1.29, 1.82) is 0 Å². The maximum atomic E-state index is 6.85. The summed E-state index contributed by atoms with van der Waals surface area (Å²) in [6.45, 7) is 2.27. The monoisotopic (exact) mass is 542 g/mol. The highest BCUT2D eigenvalue weighted by molar-refractivity contribution is 8.01. The van der Waals surface area contributed by atoms with E-state index in [1.54, 1.807) is 0 Å². The molecule has 3 heterocycles. The van der Waals surface area contributed by atoms with Crippen LogP contribution in [0, 0.1) is 0 Å². The van der Waals surface area contributed by atoms with Gasteiger partial charge in [-0.25, -0.2) is 15.0 Å². The average molecular weight is 543 g/mol. The number of hydrogen-bond donors (Lipinski definition) is 0. The van der Waals surface area contributed by atoms with E-state index in [0.717, 1.165) is 28.0 Å². The molecule has 0 aliphatic carbocycles. The molecule has 0 radical (unpaired) electrons. The molecule has 6 heteroatoms. The van der Waals surface area contributed by atoms with Crippen molar-refractivity contribution in [3.8, 4) is 34.2 Å². The second-order valence-electron chi connectivity index (χ2n) is 9.84. The van der Waals surface area contributed by atoms with Crippen LogP contribution in [0.3, 0.4) is 0 Å². The lowest BCUT2D eigenvalue weighted by Gasteiger charge is -2.35. The van der Waals surface area contributed by atoms with Gasteiger partial charge < -0.3 is 0 Å². The van der Waals surface area contributed by atoms with Gasteiger partial charge in [-0.1, -0.05) is 110 Å². The predicted octanol–water partition coefficient (Wildman–Crippen LogP) is 8.27. The molecule has 2 atom stereocenters. The fourth-order valence-electron chi connectivity index (χ4n) is 5.22. The molecule has 0 saturated carbocycles. The highest BCUT2D eigenvalue weighted by Gasteiger charge is 2.44. The Morgan fingerprint density at radius 3 is 2.00 bits per heavy atom. The third-order valence-electron chi connectivity index (χ3n) is 7.36. The molecule has 7 rings (SSSR count). The van der Waals surface area contributed by atoms with Gasteiger partial charge in [0.15, 0.2) is 17.5 Å². The molecule has 188 valence electrons. The van der Waals surface area contributed by atoms with Gasteiger partial charge in [0.25, 0.3) is 0 Å². The summed E-state index contributed by atoms with van der Waals surface area (Å²) >= 11 is 8.72. The van der Waals surface area contributed by atoms with Crippen LogP contribution in [0.25, 0.3) is 34.2 Å². The molecule has 2 aliphatic heterocycles. The second-order valence-corrected chi connectivity index (χ2v) is 11.4. The van der Waals surface area contributed by atoms with Crippen LogP contribution in [0.2, 0.25) is 5.02 Å². The van der Waals surface area contributed by atoms with Crippen LogP contribution in [0.4, 0.5) is 0 Å². The van der Waals surface area contributed by atoms with Crippen molar-refractivity contribution in [3.05, 3.63) is 132 Å². The molecule has 0 N–H and O–H groups in total. The van der Waals surface area contributed by atoms with Crippen LogP contribution < -0.4 is 0 Å². The minimum Gasteiger partial charge on any atom is -0.260 e. The number of thioether (sulfide) groups is 1. The molecule has 4 aromatic carbocycles. The summed E-state index contributed by atoms with van der Waals surface area (Å²) in [6.07, 6.45) is 4.14. The summed E-state index contributed by atoms with van der Waals surface area (Å²) in [4.78, 5) is 20.7. The molecule has 39 heavy (non-hydrogen) atoms. The fraction of sp³-hybridized carbons (Fsp3) is 0.0909. The van der Waals surface area contributed by atoms with Crippen molar-refractivity contribution in [2.24, 2.45) is 4.99 Å². The first-order valence-electron chi connectivity index (χ1n) is 12.8. The molecule has 4 nitrogen and oxygen atoms in total. The van der Waals surface area contributed by atoms with E-state index < -0.39 is 0 Å².